The fraction of sp³-hybridized carbons (Fsp3) is 0.727. The number of nitrogens with two attached hydrogens (primary N) is 1. The highest BCUT2D eigenvalue weighted by Gasteiger charge is 2.22. The summed E-state index contributed by atoms with van der Waals surface area (Å²) in [6.07, 6.45) is 3.42. The zero-order valence-electron chi connectivity index (χ0n) is 9.49. The fourth-order valence-corrected chi connectivity index (χ4v) is 3.34. The van der Waals surface area contributed by atoms with Crippen LogP contribution in [0, 0.1) is 0 Å². The number of anilines is 1. The molecule has 0 amide bonds. The zero-order chi connectivity index (χ0) is 10.8. The quantitative estimate of drug-likeness (QED) is 0.858. The van der Waals surface area contributed by atoms with Gasteiger partial charge in [-0.25, -0.2) is 4.98 Å². The number of hydrogen-bond acceptors (Lipinski definition) is 4. The third-order valence-electron chi connectivity index (χ3n) is 3.02. The SMILES string of the molecule is CCN(CC)c1nc2c(s1)C(N)CCC2. The van der Waals surface area contributed by atoms with Crippen LogP contribution in [0.25, 0.3) is 0 Å². The van der Waals surface area contributed by atoms with Crippen LogP contribution in [-0.4, -0.2) is 18.1 Å². The number of aromatic nitrogens is 1. The fourth-order valence-electron chi connectivity index (χ4n) is 2.07. The third kappa shape index (κ3) is 2.01. The third-order valence-corrected chi connectivity index (χ3v) is 4.31. The summed E-state index contributed by atoms with van der Waals surface area (Å²) >= 11 is 1.79. The molecular formula is C11H19N3S. The van der Waals surface area contributed by atoms with Crippen molar-refractivity contribution in [3.63, 3.8) is 0 Å². The van der Waals surface area contributed by atoms with E-state index in [0.717, 1.165) is 31.1 Å². The highest BCUT2D eigenvalue weighted by atomic mass is 32.1. The second kappa shape index (κ2) is 4.49. The van der Waals surface area contributed by atoms with E-state index in [0.29, 0.717) is 0 Å². The predicted molar refractivity (Wildman–Crippen MR) is 65.5 cm³/mol. The van der Waals surface area contributed by atoms with E-state index in [1.807, 2.05) is 0 Å². The minimum Gasteiger partial charge on any atom is -0.349 e. The Balaban J connectivity index is 2.28. The summed E-state index contributed by atoms with van der Waals surface area (Å²) in [5.41, 5.74) is 7.35. The van der Waals surface area contributed by atoms with Crippen molar-refractivity contribution < 1.29 is 0 Å². The Bertz CT molecular complexity index is 331. The Morgan fingerprint density at radius 2 is 2.20 bits per heavy atom. The van der Waals surface area contributed by atoms with Crippen molar-refractivity contribution in [1.29, 1.82) is 0 Å². The molecule has 0 aliphatic heterocycles. The molecule has 3 nitrogen and oxygen atoms in total. The van der Waals surface area contributed by atoms with Crippen LogP contribution in [0.4, 0.5) is 5.13 Å². The standard InChI is InChI=1S/C11H19N3S/c1-3-14(4-2)11-13-9-7-5-6-8(12)10(9)15-11/h8H,3-7,12H2,1-2H3. The van der Waals surface area contributed by atoms with Crippen molar-refractivity contribution >= 4 is 16.5 Å². The Morgan fingerprint density at radius 1 is 1.47 bits per heavy atom. The van der Waals surface area contributed by atoms with Gasteiger partial charge in [-0.15, -0.1) is 0 Å². The normalized spacial score (nSPS) is 20.1. The molecule has 15 heavy (non-hydrogen) atoms. The first-order valence-electron chi connectivity index (χ1n) is 5.76. The van der Waals surface area contributed by atoms with Gasteiger partial charge in [0, 0.05) is 24.0 Å². The van der Waals surface area contributed by atoms with Crippen LogP contribution in [-0.2, 0) is 6.42 Å². The topological polar surface area (TPSA) is 42.2 Å². The number of aryl methyl sites for hydroxylation is 1. The maximum absolute atomic E-state index is 6.09. The van der Waals surface area contributed by atoms with Crippen molar-refractivity contribution in [2.75, 3.05) is 18.0 Å². The van der Waals surface area contributed by atoms with Crippen LogP contribution in [0.5, 0.6) is 0 Å². The highest BCUT2D eigenvalue weighted by molar-refractivity contribution is 7.15. The Morgan fingerprint density at radius 3 is 2.80 bits per heavy atom. The van der Waals surface area contributed by atoms with Gasteiger partial charge >= 0.3 is 0 Å². The van der Waals surface area contributed by atoms with E-state index in [2.05, 4.69) is 18.7 Å². The minimum absolute atomic E-state index is 0.232. The molecular weight excluding hydrogens is 206 g/mol. The summed E-state index contributed by atoms with van der Waals surface area (Å²) in [5.74, 6) is 0. The molecule has 1 unspecified atom stereocenters. The molecule has 1 aliphatic carbocycles. The summed E-state index contributed by atoms with van der Waals surface area (Å²) in [7, 11) is 0. The van der Waals surface area contributed by atoms with Crippen LogP contribution in [0.2, 0.25) is 0 Å². The van der Waals surface area contributed by atoms with E-state index in [9.17, 15) is 0 Å². The smallest absolute Gasteiger partial charge is 0.185 e. The maximum Gasteiger partial charge on any atom is 0.185 e. The summed E-state index contributed by atoms with van der Waals surface area (Å²) in [4.78, 5) is 8.33. The van der Waals surface area contributed by atoms with Crippen molar-refractivity contribution in [2.24, 2.45) is 5.73 Å². The van der Waals surface area contributed by atoms with E-state index < -0.39 is 0 Å². The molecule has 0 radical (unpaired) electrons. The number of hydrogen-bond donors (Lipinski definition) is 1. The van der Waals surface area contributed by atoms with E-state index in [4.69, 9.17) is 10.7 Å². The summed E-state index contributed by atoms with van der Waals surface area (Å²) in [6.45, 7) is 6.39. The molecule has 1 aromatic heterocycles. The molecule has 0 fully saturated rings. The minimum atomic E-state index is 0.232. The highest BCUT2D eigenvalue weighted by Crippen LogP contribution is 2.36. The van der Waals surface area contributed by atoms with Gasteiger partial charge in [0.25, 0.3) is 0 Å². The number of fused-ring (bicyclic) bond motifs is 1. The first-order chi connectivity index (χ1) is 7.26. The van der Waals surface area contributed by atoms with Crippen LogP contribution >= 0.6 is 11.3 Å². The lowest BCUT2D eigenvalue weighted by Gasteiger charge is -2.16. The lowest BCUT2D eigenvalue weighted by molar-refractivity contribution is 0.573. The number of rotatable bonds is 3. The van der Waals surface area contributed by atoms with Crippen LogP contribution in [0.3, 0.4) is 0 Å². The number of nitrogens with zero attached hydrogens (tertiary/aromatic N) is 2. The van der Waals surface area contributed by atoms with Crippen molar-refractivity contribution in [3.05, 3.63) is 10.6 Å². The largest absolute Gasteiger partial charge is 0.349 e. The average molecular weight is 225 g/mol. The lowest BCUT2D eigenvalue weighted by atomic mass is 9.99. The molecule has 0 bridgehead atoms. The maximum atomic E-state index is 6.09. The number of thiazole rings is 1. The molecule has 0 saturated carbocycles. The zero-order valence-corrected chi connectivity index (χ0v) is 10.3. The first kappa shape index (κ1) is 10.9. The molecule has 1 aliphatic rings. The molecule has 1 aromatic rings. The predicted octanol–water partition coefficient (Wildman–Crippen LogP) is 2.33. The molecule has 0 spiro atoms. The second-order valence-electron chi connectivity index (χ2n) is 3.98. The second-order valence-corrected chi connectivity index (χ2v) is 4.99. The van der Waals surface area contributed by atoms with Gasteiger partial charge in [-0.3, -0.25) is 0 Å². The van der Waals surface area contributed by atoms with Gasteiger partial charge in [0.15, 0.2) is 5.13 Å². The van der Waals surface area contributed by atoms with Gasteiger partial charge in [0.1, 0.15) is 0 Å². The van der Waals surface area contributed by atoms with E-state index in [1.54, 1.807) is 11.3 Å². The van der Waals surface area contributed by atoms with E-state index in [-0.39, 0.29) is 6.04 Å². The Labute approximate surface area is 95.3 Å². The van der Waals surface area contributed by atoms with Gasteiger partial charge in [0.2, 0.25) is 0 Å². The molecule has 2 N–H and O–H groups in total. The van der Waals surface area contributed by atoms with Crippen LogP contribution in [0.15, 0.2) is 0 Å². The molecule has 0 saturated heterocycles. The molecule has 1 atom stereocenters. The van der Waals surface area contributed by atoms with Gasteiger partial charge in [-0.2, -0.15) is 0 Å². The Hall–Kier alpha value is -0.610. The van der Waals surface area contributed by atoms with Crippen LogP contribution in [0.1, 0.15) is 43.3 Å². The Kier molecular flexibility index (Phi) is 3.26. The molecule has 2 rings (SSSR count). The average Bonchev–Trinajstić information content (AvgIpc) is 2.65. The molecule has 0 aromatic carbocycles. The lowest BCUT2D eigenvalue weighted by Crippen LogP contribution is -2.21. The van der Waals surface area contributed by atoms with E-state index >= 15 is 0 Å². The molecule has 84 valence electrons. The van der Waals surface area contributed by atoms with Crippen LogP contribution < -0.4 is 10.6 Å². The summed E-state index contributed by atoms with van der Waals surface area (Å²) in [5, 5.41) is 1.15. The van der Waals surface area contributed by atoms with Gasteiger partial charge in [0.05, 0.1) is 5.69 Å². The molecule has 4 heteroatoms. The van der Waals surface area contributed by atoms with Gasteiger partial charge in [-0.1, -0.05) is 11.3 Å². The molecule has 1 heterocycles. The van der Waals surface area contributed by atoms with Crippen molar-refractivity contribution in [1.82, 2.24) is 4.98 Å². The first-order valence-corrected chi connectivity index (χ1v) is 6.58. The van der Waals surface area contributed by atoms with Crippen molar-refractivity contribution in [3.8, 4) is 0 Å². The monoisotopic (exact) mass is 225 g/mol. The summed E-state index contributed by atoms with van der Waals surface area (Å²) < 4.78 is 0. The van der Waals surface area contributed by atoms with E-state index in [1.165, 1.54) is 17.0 Å². The van der Waals surface area contributed by atoms with Gasteiger partial charge in [-0.05, 0) is 33.1 Å². The van der Waals surface area contributed by atoms with Crippen molar-refractivity contribution in [2.45, 2.75) is 39.2 Å². The summed E-state index contributed by atoms with van der Waals surface area (Å²) in [6, 6.07) is 0.232. The van der Waals surface area contributed by atoms with Gasteiger partial charge < -0.3 is 10.6 Å².